The minimum Gasteiger partial charge on any atom is -0.293 e. The molecule has 20 heavy (non-hydrogen) atoms. The van der Waals surface area contributed by atoms with Crippen molar-refractivity contribution >= 4 is 0 Å². The molecule has 2 aromatic carbocycles. The van der Waals surface area contributed by atoms with Gasteiger partial charge in [0.05, 0.1) is 6.04 Å². The van der Waals surface area contributed by atoms with Crippen LogP contribution in [0.4, 0.5) is 4.39 Å². The van der Waals surface area contributed by atoms with Crippen LogP contribution in [0.1, 0.15) is 30.0 Å². The second kappa shape index (κ2) is 5.37. The highest BCUT2D eigenvalue weighted by Crippen LogP contribution is 2.45. The molecule has 0 bridgehead atoms. The molecule has 0 radical (unpaired) electrons. The van der Waals surface area contributed by atoms with Gasteiger partial charge in [-0.2, -0.15) is 0 Å². The summed E-state index contributed by atoms with van der Waals surface area (Å²) in [6, 6.07) is 20.1. The Bertz CT molecular complexity index is 503. The van der Waals surface area contributed by atoms with Crippen LogP contribution in [-0.2, 0) is 0 Å². The van der Waals surface area contributed by atoms with E-state index in [0.717, 1.165) is 11.1 Å². The normalized spacial score (nSPS) is 30.6. The fourth-order valence-electron chi connectivity index (χ4n) is 3.40. The van der Waals surface area contributed by atoms with Crippen LogP contribution in [0.3, 0.4) is 0 Å². The van der Waals surface area contributed by atoms with Crippen LogP contribution in [0.25, 0.3) is 0 Å². The number of hydrogen-bond acceptors (Lipinski definition) is 1. The zero-order valence-corrected chi connectivity index (χ0v) is 11.9. The molecule has 1 heterocycles. The van der Waals surface area contributed by atoms with Gasteiger partial charge >= 0.3 is 0 Å². The highest BCUT2D eigenvalue weighted by atomic mass is 19.1. The third kappa shape index (κ3) is 2.14. The summed E-state index contributed by atoms with van der Waals surface area (Å²) >= 11 is 0. The molecule has 0 aromatic heterocycles. The van der Waals surface area contributed by atoms with Crippen molar-refractivity contribution in [3.8, 4) is 0 Å². The Kier molecular flexibility index (Phi) is 3.58. The fraction of sp³-hybridized carbons (Fsp3) is 0.333. The van der Waals surface area contributed by atoms with Gasteiger partial charge in [0, 0.05) is 12.0 Å². The van der Waals surface area contributed by atoms with E-state index in [1.165, 1.54) is 0 Å². The van der Waals surface area contributed by atoms with Gasteiger partial charge in [0.15, 0.2) is 0 Å². The monoisotopic (exact) mass is 269 g/mol. The van der Waals surface area contributed by atoms with Crippen LogP contribution in [0.5, 0.6) is 0 Å². The summed E-state index contributed by atoms with van der Waals surface area (Å²) in [7, 11) is 2.03. The molecule has 0 amide bonds. The molecule has 2 aromatic rings. The number of alkyl halides is 1. The summed E-state index contributed by atoms with van der Waals surface area (Å²) in [5.74, 6) is -0.0635. The number of likely N-dealkylation sites (N-methyl/N-ethyl adjacent to an activating group) is 1. The molecule has 1 saturated heterocycles. The molecule has 104 valence electrons. The summed E-state index contributed by atoms with van der Waals surface area (Å²) in [5, 5.41) is 0. The topological polar surface area (TPSA) is 3.24 Å². The average molecular weight is 269 g/mol. The number of rotatable bonds is 2. The third-order valence-corrected chi connectivity index (χ3v) is 4.57. The van der Waals surface area contributed by atoms with Gasteiger partial charge in [-0.1, -0.05) is 60.7 Å². The van der Waals surface area contributed by atoms with E-state index in [2.05, 4.69) is 11.8 Å². The second-order valence-electron chi connectivity index (χ2n) is 5.64. The first-order chi connectivity index (χ1) is 9.70. The molecule has 0 N–H and O–H groups in total. The van der Waals surface area contributed by atoms with Gasteiger partial charge in [0.1, 0.15) is 6.17 Å². The van der Waals surface area contributed by atoms with E-state index in [0.29, 0.717) is 0 Å². The van der Waals surface area contributed by atoms with E-state index in [1.54, 1.807) is 0 Å². The smallest absolute Gasteiger partial charge is 0.128 e. The Labute approximate surface area is 120 Å². The van der Waals surface area contributed by atoms with E-state index < -0.39 is 6.17 Å². The standard InChI is InChI=1S/C18H20FN/c1-13-16(14-9-5-3-6-10-14)17(19)18(20(13)2)15-11-7-4-8-12-15/h3-13,16-18H,1-2H3/t13-,16+,17+,18-/m0/s1. The number of hydrogen-bond donors (Lipinski definition) is 0. The molecule has 0 aliphatic carbocycles. The molecular formula is C18H20FN. The van der Waals surface area contributed by atoms with Crippen LogP contribution in [-0.4, -0.2) is 24.2 Å². The van der Waals surface area contributed by atoms with Crippen molar-refractivity contribution in [2.24, 2.45) is 0 Å². The van der Waals surface area contributed by atoms with Crippen molar-refractivity contribution in [2.75, 3.05) is 7.05 Å². The maximum Gasteiger partial charge on any atom is 0.128 e. The zero-order chi connectivity index (χ0) is 14.1. The van der Waals surface area contributed by atoms with E-state index in [9.17, 15) is 0 Å². The van der Waals surface area contributed by atoms with Crippen molar-refractivity contribution in [1.29, 1.82) is 0 Å². The first-order valence-corrected chi connectivity index (χ1v) is 7.16. The van der Waals surface area contributed by atoms with Crippen LogP contribution in [0, 0.1) is 0 Å². The second-order valence-corrected chi connectivity index (χ2v) is 5.64. The minimum atomic E-state index is -0.875. The molecule has 0 saturated carbocycles. The molecule has 2 heteroatoms. The predicted octanol–water partition coefficient (Wildman–Crippen LogP) is 4.18. The lowest BCUT2D eigenvalue weighted by Crippen LogP contribution is -2.27. The molecule has 3 rings (SSSR count). The van der Waals surface area contributed by atoms with Crippen LogP contribution in [0.15, 0.2) is 60.7 Å². The lowest BCUT2D eigenvalue weighted by molar-refractivity contribution is 0.206. The van der Waals surface area contributed by atoms with Crippen molar-refractivity contribution < 1.29 is 4.39 Å². The molecular weight excluding hydrogens is 249 g/mol. The predicted molar refractivity (Wildman–Crippen MR) is 80.5 cm³/mol. The number of likely N-dealkylation sites (tertiary alicyclic amines) is 1. The van der Waals surface area contributed by atoms with Gasteiger partial charge in [0.25, 0.3) is 0 Å². The van der Waals surface area contributed by atoms with Gasteiger partial charge in [0.2, 0.25) is 0 Å². The maximum absolute atomic E-state index is 15.1. The molecule has 4 atom stereocenters. The fourth-order valence-corrected chi connectivity index (χ4v) is 3.40. The lowest BCUT2D eigenvalue weighted by atomic mass is 9.88. The van der Waals surface area contributed by atoms with Crippen molar-refractivity contribution in [2.45, 2.75) is 31.1 Å². The highest BCUT2D eigenvalue weighted by Gasteiger charge is 2.46. The number of nitrogens with zero attached hydrogens (tertiary/aromatic N) is 1. The summed E-state index contributed by atoms with van der Waals surface area (Å²) < 4.78 is 15.1. The average Bonchev–Trinajstić information content (AvgIpc) is 2.71. The third-order valence-electron chi connectivity index (χ3n) is 4.57. The van der Waals surface area contributed by atoms with Crippen molar-refractivity contribution in [1.82, 2.24) is 4.90 Å². The molecule has 0 spiro atoms. The zero-order valence-electron chi connectivity index (χ0n) is 11.9. The first kappa shape index (κ1) is 13.3. The quantitative estimate of drug-likeness (QED) is 0.790. The van der Waals surface area contributed by atoms with E-state index in [4.69, 9.17) is 0 Å². The molecule has 0 unspecified atom stereocenters. The van der Waals surface area contributed by atoms with E-state index in [-0.39, 0.29) is 18.0 Å². The first-order valence-electron chi connectivity index (χ1n) is 7.16. The Morgan fingerprint density at radius 1 is 0.850 bits per heavy atom. The largest absolute Gasteiger partial charge is 0.293 e. The molecule has 1 aliphatic rings. The maximum atomic E-state index is 15.1. The lowest BCUT2D eigenvalue weighted by Gasteiger charge is -2.24. The Morgan fingerprint density at radius 2 is 1.35 bits per heavy atom. The Morgan fingerprint density at radius 3 is 1.90 bits per heavy atom. The molecule has 1 aliphatic heterocycles. The van der Waals surface area contributed by atoms with Crippen LogP contribution in [0.2, 0.25) is 0 Å². The van der Waals surface area contributed by atoms with Gasteiger partial charge in [-0.05, 0) is 25.1 Å². The van der Waals surface area contributed by atoms with Gasteiger partial charge in [-0.15, -0.1) is 0 Å². The minimum absolute atomic E-state index is 0.0635. The number of benzene rings is 2. The summed E-state index contributed by atoms with van der Waals surface area (Å²) in [6.07, 6.45) is -0.875. The summed E-state index contributed by atoms with van der Waals surface area (Å²) in [5.41, 5.74) is 2.16. The van der Waals surface area contributed by atoms with Crippen molar-refractivity contribution in [3.05, 3.63) is 71.8 Å². The number of halogens is 1. The van der Waals surface area contributed by atoms with Crippen LogP contribution < -0.4 is 0 Å². The van der Waals surface area contributed by atoms with E-state index in [1.807, 2.05) is 67.7 Å². The van der Waals surface area contributed by atoms with Crippen molar-refractivity contribution in [3.63, 3.8) is 0 Å². The van der Waals surface area contributed by atoms with Crippen LogP contribution >= 0.6 is 0 Å². The Balaban J connectivity index is 1.96. The van der Waals surface area contributed by atoms with E-state index >= 15 is 4.39 Å². The van der Waals surface area contributed by atoms with Gasteiger partial charge in [-0.25, -0.2) is 4.39 Å². The molecule has 1 fully saturated rings. The summed E-state index contributed by atoms with van der Waals surface area (Å²) in [4.78, 5) is 2.16. The summed E-state index contributed by atoms with van der Waals surface area (Å²) in [6.45, 7) is 2.12. The van der Waals surface area contributed by atoms with Gasteiger partial charge in [-0.3, -0.25) is 4.90 Å². The SMILES string of the molecule is C[C@H]1[C@H](c2ccccc2)[C@@H](F)[C@H](c2ccccc2)N1C. The van der Waals surface area contributed by atoms with Gasteiger partial charge < -0.3 is 0 Å². The molecule has 1 nitrogen and oxygen atoms in total. The Hall–Kier alpha value is -1.67. The highest BCUT2D eigenvalue weighted by molar-refractivity contribution is 5.30.